The molecule has 14 heteroatoms. The van der Waals surface area contributed by atoms with Crippen LogP contribution in [-0.4, -0.2) is 121 Å². The molecule has 0 aliphatic carbocycles. The molecule has 1 aromatic carbocycles. The Hall–Kier alpha value is -3.59. The van der Waals surface area contributed by atoms with Crippen molar-refractivity contribution in [2.45, 2.75) is 122 Å². The molecule has 2 aromatic rings. The number of nitrogens with one attached hydrogen (secondary N) is 2. The van der Waals surface area contributed by atoms with Crippen LogP contribution in [0.1, 0.15) is 90.8 Å². The fourth-order valence-electron chi connectivity index (χ4n) is 7.36. The van der Waals surface area contributed by atoms with Crippen molar-refractivity contribution in [3.63, 3.8) is 0 Å². The van der Waals surface area contributed by atoms with Gasteiger partial charge in [-0.15, -0.1) is 11.3 Å². The summed E-state index contributed by atoms with van der Waals surface area (Å²) in [5.41, 5.74) is 6.77. The summed E-state index contributed by atoms with van der Waals surface area (Å²) in [6.07, 6.45) is 3.34. The Morgan fingerprint density at radius 1 is 1.04 bits per heavy atom. The van der Waals surface area contributed by atoms with Crippen molar-refractivity contribution in [2.24, 2.45) is 17.8 Å². The Kier molecular flexibility index (Phi) is 17.1. The van der Waals surface area contributed by atoms with Crippen molar-refractivity contribution >= 4 is 40.7 Å². The highest BCUT2D eigenvalue weighted by Crippen LogP contribution is 2.31. The molecule has 1 aromatic heterocycles. The van der Waals surface area contributed by atoms with E-state index < -0.39 is 35.7 Å². The van der Waals surface area contributed by atoms with Gasteiger partial charge in [-0.2, -0.15) is 0 Å². The van der Waals surface area contributed by atoms with Crippen molar-refractivity contribution in [3.8, 4) is 0 Å². The molecule has 1 fully saturated rings. The molecule has 0 saturated carbocycles. The number of amides is 4. The number of anilines is 1. The van der Waals surface area contributed by atoms with Crippen LogP contribution >= 0.6 is 11.3 Å². The van der Waals surface area contributed by atoms with E-state index in [9.17, 15) is 19.2 Å². The lowest BCUT2D eigenvalue weighted by atomic mass is 9.89. The second-order valence-corrected chi connectivity index (χ2v) is 17.0. The van der Waals surface area contributed by atoms with E-state index >= 15 is 0 Å². The molecule has 3 rings (SSSR count). The average Bonchev–Trinajstić information content (AvgIpc) is 3.87. The third-order valence-corrected chi connectivity index (χ3v) is 12.5. The highest BCUT2D eigenvalue weighted by Gasteiger charge is 2.43. The Labute approximate surface area is 333 Å². The number of carbonyl (C=O) groups is 4. The molecule has 0 unspecified atom stereocenters. The van der Waals surface area contributed by atoms with Crippen LogP contribution in [0.5, 0.6) is 0 Å². The van der Waals surface area contributed by atoms with E-state index in [1.54, 1.807) is 32.4 Å². The van der Waals surface area contributed by atoms with Gasteiger partial charge in [-0.1, -0.05) is 53.2 Å². The number of ether oxygens (including phenoxy) is 2. The fourth-order valence-corrected chi connectivity index (χ4v) is 8.05. The van der Waals surface area contributed by atoms with Crippen LogP contribution < -0.4 is 16.4 Å². The van der Waals surface area contributed by atoms with Gasteiger partial charge in [-0.25, -0.2) is 4.98 Å². The van der Waals surface area contributed by atoms with E-state index in [0.29, 0.717) is 25.1 Å². The zero-order valence-corrected chi connectivity index (χ0v) is 35.9. The molecule has 0 spiro atoms. The van der Waals surface area contributed by atoms with Crippen LogP contribution in [0.2, 0.25) is 0 Å². The minimum Gasteiger partial charge on any atom is -0.399 e. The molecule has 4 N–H and O–H groups in total. The molecule has 55 heavy (non-hydrogen) atoms. The Bertz CT molecular complexity index is 1540. The molecule has 1 aliphatic heterocycles. The standard InChI is InChI=1S/C41H67N7O6S/c1-13-26(4)35(47(10)39(51)34(25(2)3)45-40(52)41(6,7)46(8)9)32(53-11)24-33(49)48-21-14-15-31(48)36(54-12)27(5)37(50)44-30(38-43-20-22-55-38)23-28-16-18-29(42)19-17-28/h16-20,22,25-27,30-32,34-36H,13-15,21,23-24,42H2,1-12H3,(H,44,50)(H,45,52)/t26-,27+,30-,31-,32+,34-,35-,36+/m0/s1. The van der Waals surface area contributed by atoms with E-state index in [1.165, 1.54) is 11.3 Å². The van der Waals surface area contributed by atoms with Gasteiger partial charge in [0.25, 0.3) is 0 Å². The molecule has 8 atom stereocenters. The van der Waals surface area contributed by atoms with Gasteiger partial charge >= 0.3 is 0 Å². The first kappa shape index (κ1) is 45.8. The second-order valence-electron chi connectivity index (χ2n) is 16.1. The molecule has 0 bridgehead atoms. The lowest BCUT2D eigenvalue weighted by Gasteiger charge is -2.41. The van der Waals surface area contributed by atoms with Gasteiger partial charge in [-0.05, 0) is 76.7 Å². The fraction of sp³-hybridized carbons (Fsp3) is 0.683. The van der Waals surface area contributed by atoms with E-state index in [-0.39, 0.29) is 54.0 Å². The molecule has 2 heterocycles. The van der Waals surface area contributed by atoms with Crippen molar-refractivity contribution < 1.29 is 28.7 Å². The van der Waals surface area contributed by atoms with Crippen molar-refractivity contribution in [1.82, 2.24) is 30.3 Å². The number of nitrogens with zero attached hydrogens (tertiary/aromatic N) is 4. The summed E-state index contributed by atoms with van der Waals surface area (Å²) in [5, 5.41) is 8.91. The minimum atomic E-state index is -0.825. The molecular weight excluding hydrogens is 719 g/mol. The van der Waals surface area contributed by atoms with E-state index in [1.807, 2.05) is 95.1 Å². The first-order valence-corrected chi connectivity index (χ1v) is 20.4. The highest BCUT2D eigenvalue weighted by atomic mass is 32.1. The molecule has 4 amide bonds. The van der Waals surface area contributed by atoms with E-state index in [2.05, 4.69) is 22.5 Å². The number of nitrogen functional groups attached to an aromatic ring is 1. The van der Waals surface area contributed by atoms with Gasteiger partial charge in [-0.3, -0.25) is 24.1 Å². The van der Waals surface area contributed by atoms with Crippen LogP contribution in [0.4, 0.5) is 5.69 Å². The number of hydrogen-bond donors (Lipinski definition) is 3. The van der Waals surface area contributed by atoms with Gasteiger partial charge < -0.3 is 35.6 Å². The van der Waals surface area contributed by atoms with E-state index in [0.717, 1.165) is 23.4 Å². The summed E-state index contributed by atoms with van der Waals surface area (Å²) >= 11 is 1.48. The number of hydrogen-bond acceptors (Lipinski definition) is 10. The zero-order valence-electron chi connectivity index (χ0n) is 35.1. The summed E-state index contributed by atoms with van der Waals surface area (Å²) in [6, 6.07) is 5.70. The summed E-state index contributed by atoms with van der Waals surface area (Å²) in [7, 11) is 8.55. The molecule has 1 aliphatic rings. The van der Waals surface area contributed by atoms with Crippen LogP contribution in [0.15, 0.2) is 35.8 Å². The number of methoxy groups -OCH3 is 2. The topological polar surface area (TPSA) is 159 Å². The van der Waals surface area contributed by atoms with Crippen LogP contribution in [0.25, 0.3) is 0 Å². The van der Waals surface area contributed by atoms with Crippen molar-refractivity contribution in [3.05, 3.63) is 46.4 Å². The third-order valence-electron chi connectivity index (χ3n) is 11.6. The van der Waals surface area contributed by atoms with Crippen molar-refractivity contribution in [1.29, 1.82) is 0 Å². The molecule has 13 nitrogen and oxygen atoms in total. The zero-order chi connectivity index (χ0) is 41.2. The first-order valence-electron chi connectivity index (χ1n) is 19.5. The largest absolute Gasteiger partial charge is 0.399 e. The summed E-state index contributed by atoms with van der Waals surface area (Å²) in [5.74, 6) is -1.55. The molecular formula is C41H67N7O6S. The number of carbonyl (C=O) groups excluding carboxylic acids is 4. The number of rotatable bonds is 20. The normalized spacial score (nSPS) is 18.7. The van der Waals surface area contributed by atoms with Crippen LogP contribution in [-0.2, 0) is 35.1 Å². The number of likely N-dealkylation sites (N-methyl/N-ethyl adjacent to an activating group) is 2. The minimum absolute atomic E-state index is 0.0164. The lowest BCUT2D eigenvalue weighted by molar-refractivity contribution is -0.148. The first-order chi connectivity index (χ1) is 25.9. The predicted molar refractivity (Wildman–Crippen MR) is 218 cm³/mol. The SMILES string of the molecule is CC[C@H](C)[C@@H]([C@@H](CC(=O)N1CCC[C@H]1[C@H](OC)[C@@H](C)C(=O)N[C@@H](Cc1ccc(N)cc1)c1nccs1)OC)N(C)C(=O)[C@@H](NC(=O)C(C)(C)N(C)C)C(C)C. The Balaban J connectivity index is 1.79. The average molecular weight is 786 g/mol. The van der Waals surface area contributed by atoms with Crippen molar-refractivity contribution in [2.75, 3.05) is 47.6 Å². The molecule has 308 valence electrons. The van der Waals surface area contributed by atoms with Gasteiger partial charge in [0, 0.05) is 45.1 Å². The highest BCUT2D eigenvalue weighted by molar-refractivity contribution is 7.09. The smallest absolute Gasteiger partial charge is 0.245 e. The summed E-state index contributed by atoms with van der Waals surface area (Å²) in [6.45, 7) is 13.9. The van der Waals surface area contributed by atoms with Crippen LogP contribution in [0.3, 0.4) is 0 Å². The molecule has 0 radical (unpaired) electrons. The predicted octanol–water partition coefficient (Wildman–Crippen LogP) is 4.53. The van der Waals surface area contributed by atoms with Crippen LogP contribution in [0, 0.1) is 17.8 Å². The lowest BCUT2D eigenvalue weighted by Crippen LogP contribution is -2.61. The summed E-state index contributed by atoms with van der Waals surface area (Å²) in [4.78, 5) is 65.6. The van der Waals surface area contributed by atoms with Gasteiger partial charge in [0.15, 0.2) is 0 Å². The van der Waals surface area contributed by atoms with E-state index in [4.69, 9.17) is 15.2 Å². The van der Waals surface area contributed by atoms with Gasteiger partial charge in [0.05, 0.1) is 48.2 Å². The number of nitrogens with two attached hydrogens (primary N) is 1. The Morgan fingerprint density at radius 2 is 1.69 bits per heavy atom. The summed E-state index contributed by atoms with van der Waals surface area (Å²) < 4.78 is 12.1. The quantitative estimate of drug-likeness (QED) is 0.164. The second kappa shape index (κ2) is 20.5. The number of likely N-dealkylation sites (tertiary alicyclic amines) is 1. The monoisotopic (exact) mass is 785 g/mol. The number of benzene rings is 1. The Morgan fingerprint density at radius 3 is 2.22 bits per heavy atom. The maximum Gasteiger partial charge on any atom is 0.245 e. The maximum absolute atomic E-state index is 14.3. The van der Waals surface area contributed by atoms with Gasteiger partial charge in [0.1, 0.15) is 11.0 Å². The number of thiazole rings is 1. The maximum atomic E-state index is 14.3. The third kappa shape index (κ3) is 11.5. The van der Waals surface area contributed by atoms with Gasteiger partial charge in [0.2, 0.25) is 23.6 Å². The number of aromatic nitrogens is 1. The molecule has 1 saturated heterocycles.